The Hall–Kier alpha value is -0.160. The third-order valence-corrected chi connectivity index (χ3v) is 3.61. The Morgan fingerprint density at radius 3 is 2.50 bits per heavy atom. The second kappa shape index (κ2) is 3.17. The van der Waals surface area contributed by atoms with Crippen LogP contribution in [0.3, 0.4) is 0 Å². The van der Waals surface area contributed by atoms with Crippen LogP contribution in [0.2, 0.25) is 0 Å². The number of rotatable bonds is 1. The first kappa shape index (κ1) is 10.4. The zero-order valence-corrected chi connectivity index (χ0v) is 8.80. The summed E-state index contributed by atoms with van der Waals surface area (Å²) in [5, 5.41) is 19.9. The third-order valence-electron chi connectivity index (χ3n) is 3.61. The Morgan fingerprint density at radius 1 is 1.36 bits per heavy atom. The van der Waals surface area contributed by atoms with Gasteiger partial charge in [-0.3, -0.25) is 0 Å². The molecule has 0 amide bonds. The van der Waals surface area contributed by atoms with Crippen molar-refractivity contribution in [2.75, 3.05) is 0 Å². The molecule has 5 atom stereocenters. The van der Waals surface area contributed by atoms with Gasteiger partial charge in [0.05, 0.1) is 0 Å². The van der Waals surface area contributed by atoms with Gasteiger partial charge < -0.3 is 10.2 Å². The van der Waals surface area contributed by atoms with Gasteiger partial charge in [-0.25, -0.2) is 9.78 Å². The molecule has 0 aromatic rings. The molecule has 0 spiro atoms. The normalized spacial score (nSPS) is 52.7. The van der Waals surface area contributed by atoms with Crippen LogP contribution in [0.15, 0.2) is 0 Å². The van der Waals surface area contributed by atoms with Gasteiger partial charge >= 0.3 is 0 Å². The zero-order chi connectivity index (χ0) is 10.5. The van der Waals surface area contributed by atoms with Gasteiger partial charge in [-0.2, -0.15) is 0 Å². The van der Waals surface area contributed by atoms with E-state index in [1.54, 1.807) is 6.92 Å². The lowest BCUT2D eigenvalue weighted by Crippen LogP contribution is -2.67. The van der Waals surface area contributed by atoms with Crippen LogP contribution in [-0.4, -0.2) is 34.1 Å². The van der Waals surface area contributed by atoms with Crippen molar-refractivity contribution in [2.45, 2.75) is 51.1 Å². The molecule has 1 aliphatic carbocycles. The van der Waals surface area contributed by atoms with Gasteiger partial charge in [-0.05, 0) is 25.2 Å². The topological polar surface area (TPSA) is 58.9 Å². The standard InChI is InChI=1S/C10H18O4/c1-5(2)6-4-7-10(3,12)9(11)8(6)14-13-7/h5-9,11-12H,4H2,1-3H3/t6-,7+,8-,9-,10+/m1/s1. The lowest BCUT2D eigenvalue weighted by molar-refractivity contribution is -0.467. The number of hydrogen-bond donors (Lipinski definition) is 2. The van der Waals surface area contributed by atoms with E-state index in [1.807, 2.05) is 0 Å². The minimum atomic E-state index is -1.17. The molecule has 2 N–H and O–H groups in total. The van der Waals surface area contributed by atoms with E-state index in [4.69, 9.17) is 9.78 Å². The van der Waals surface area contributed by atoms with E-state index in [0.717, 1.165) is 6.42 Å². The number of aliphatic hydroxyl groups is 2. The van der Waals surface area contributed by atoms with Crippen LogP contribution < -0.4 is 0 Å². The predicted octanol–water partition coefficient (Wildman–Crippen LogP) is 0.473. The summed E-state index contributed by atoms with van der Waals surface area (Å²) in [4.78, 5) is 10.1. The molecule has 2 bridgehead atoms. The van der Waals surface area contributed by atoms with Gasteiger partial charge in [-0.15, -0.1) is 0 Å². The molecule has 3 fully saturated rings. The van der Waals surface area contributed by atoms with Gasteiger partial charge in [0.2, 0.25) is 0 Å². The largest absolute Gasteiger partial charge is 0.387 e. The van der Waals surface area contributed by atoms with Crippen molar-refractivity contribution in [3.63, 3.8) is 0 Å². The first-order valence-corrected chi connectivity index (χ1v) is 5.17. The number of fused-ring (bicyclic) bond motifs is 3. The van der Waals surface area contributed by atoms with Crippen molar-refractivity contribution in [3.05, 3.63) is 0 Å². The van der Waals surface area contributed by atoms with E-state index < -0.39 is 23.9 Å². The van der Waals surface area contributed by atoms with E-state index in [0.29, 0.717) is 5.92 Å². The molecule has 0 radical (unpaired) electrons. The van der Waals surface area contributed by atoms with Gasteiger partial charge in [0.25, 0.3) is 0 Å². The summed E-state index contributed by atoms with van der Waals surface area (Å²) >= 11 is 0. The lowest BCUT2D eigenvalue weighted by Gasteiger charge is -2.52. The Labute approximate surface area is 83.8 Å². The monoisotopic (exact) mass is 202 g/mol. The van der Waals surface area contributed by atoms with Crippen molar-refractivity contribution in [1.29, 1.82) is 0 Å². The van der Waals surface area contributed by atoms with Crippen LogP contribution in [0.25, 0.3) is 0 Å². The highest BCUT2D eigenvalue weighted by molar-refractivity contribution is 5.04. The Bertz CT molecular complexity index is 220. The average molecular weight is 202 g/mol. The second-order valence-electron chi connectivity index (χ2n) is 4.96. The van der Waals surface area contributed by atoms with Gasteiger partial charge in [-0.1, -0.05) is 13.8 Å². The Kier molecular flexibility index (Phi) is 2.34. The van der Waals surface area contributed by atoms with Crippen LogP contribution in [0.1, 0.15) is 27.2 Å². The highest BCUT2D eigenvalue weighted by Gasteiger charge is 2.57. The van der Waals surface area contributed by atoms with Crippen LogP contribution in [0.4, 0.5) is 0 Å². The van der Waals surface area contributed by atoms with E-state index in [2.05, 4.69) is 13.8 Å². The molecule has 3 rings (SSSR count). The maximum Gasteiger partial charge on any atom is 0.125 e. The number of hydrogen-bond acceptors (Lipinski definition) is 4. The molecule has 2 heterocycles. The second-order valence-corrected chi connectivity index (χ2v) is 4.96. The number of aliphatic hydroxyl groups excluding tert-OH is 1. The van der Waals surface area contributed by atoms with Crippen molar-refractivity contribution < 1.29 is 20.0 Å². The van der Waals surface area contributed by atoms with Crippen molar-refractivity contribution in [1.82, 2.24) is 0 Å². The first-order valence-electron chi connectivity index (χ1n) is 5.17. The summed E-state index contributed by atoms with van der Waals surface area (Å²) in [6, 6.07) is 0. The van der Waals surface area contributed by atoms with Gasteiger partial charge in [0.1, 0.15) is 23.9 Å². The van der Waals surface area contributed by atoms with Crippen LogP contribution in [0.5, 0.6) is 0 Å². The fourth-order valence-electron chi connectivity index (χ4n) is 2.42. The van der Waals surface area contributed by atoms with Crippen LogP contribution in [-0.2, 0) is 9.78 Å². The summed E-state index contributed by atoms with van der Waals surface area (Å²) < 4.78 is 0. The Morgan fingerprint density at radius 2 is 2.00 bits per heavy atom. The SMILES string of the molecule is CC(C)[C@H]1C[C@@H]2OO[C@H]1[C@@H](O)[C@@]2(C)O. The maximum absolute atomic E-state index is 9.98. The smallest absolute Gasteiger partial charge is 0.125 e. The lowest BCUT2D eigenvalue weighted by atomic mass is 9.69. The molecule has 82 valence electrons. The van der Waals surface area contributed by atoms with Crippen LogP contribution in [0, 0.1) is 11.8 Å². The molecule has 4 nitrogen and oxygen atoms in total. The summed E-state index contributed by atoms with van der Waals surface area (Å²) in [6.45, 7) is 5.79. The van der Waals surface area contributed by atoms with Gasteiger partial charge in [0, 0.05) is 0 Å². The van der Waals surface area contributed by atoms with Crippen molar-refractivity contribution in [3.8, 4) is 0 Å². The van der Waals surface area contributed by atoms with Crippen molar-refractivity contribution in [2.24, 2.45) is 11.8 Å². The predicted molar refractivity (Wildman–Crippen MR) is 49.3 cm³/mol. The molecule has 0 aromatic carbocycles. The summed E-state index contributed by atoms with van der Waals surface area (Å²) in [7, 11) is 0. The molecular formula is C10H18O4. The molecule has 4 heteroatoms. The molecule has 2 saturated heterocycles. The van der Waals surface area contributed by atoms with E-state index in [9.17, 15) is 10.2 Å². The molecule has 1 saturated carbocycles. The summed E-state index contributed by atoms with van der Waals surface area (Å²) in [5.41, 5.74) is -1.17. The average Bonchev–Trinajstić information content (AvgIpc) is 2.13. The highest BCUT2D eigenvalue weighted by Crippen LogP contribution is 2.43. The van der Waals surface area contributed by atoms with E-state index in [-0.39, 0.29) is 5.92 Å². The summed E-state index contributed by atoms with van der Waals surface area (Å²) in [5.74, 6) is 0.695. The first-order chi connectivity index (χ1) is 6.44. The minimum Gasteiger partial charge on any atom is -0.387 e. The minimum absolute atomic E-state index is 0.268. The molecule has 0 unspecified atom stereocenters. The Balaban J connectivity index is 2.22. The summed E-state index contributed by atoms with van der Waals surface area (Å²) in [6.07, 6.45) is -0.890. The molecule has 0 aromatic heterocycles. The molecule has 14 heavy (non-hydrogen) atoms. The zero-order valence-electron chi connectivity index (χ0n) is 8.80. The third kappa shape index (κ3) is 1.29. The van der Waals surface area contributed by atoms with E-state index >= 15 is 0 Å². The molecular weight excluding hydrogens is 184 g/mol. The van der Waals surface area contributed by atoms with E-state index in [1.165, 1.54) is 0 Å². The molecule has 3 aliphatic rings. The maximum atomic E-state index is 9.98. The van der Waals surface area contributed by atoms with Crippen molar-refractivity contribution >= 4 is 0 Å². The quantitative estimate of drug-likeness (QED) is 0.607. The fourth-order valence-corrected chi connectivity index (χ4v) is 2.42. The van der Waals surface area contributed by atoms with Crippen LogP contribution >= 0.6 is 0 Å². The van der Waals surface area contributed by atoms with Gasteiger partial charge in [0.15, 0.2) is 0 Å². The highest BCUT2D eigenvalue weighted by atomic mass is 17.2. The molecule has 2 aliphatic heterocycles. The fraction of sp³-hybridized carbons (Fsp3) is 1.00.